The number of rotatable bonds is 2. The first-order valence-corrected chi connectivity index (χ1v) is 5.32. The lowest BCUT2D eigenvalue weighted by Crippen LogP contribution is -2.38. The smallest absolute Gasteiger partial charge is 0.243 e. The molecule has 0 saturated heterocycles. The van der Waals surface area contributed by atoms with Gasteiger partial charge in [0.25, 0.3) is 0 Å². The molecule has 0 bridgehead atoms. The average molecular weight is 271 g/mol. The Bertz CT molecular complexity index is 428. The third-order valence-corrected chi connectivity index (χ3v) is 2.40. The van der Waals surface area contributed by atoms with E-state index in [-0.39, 0.29) is 12.2 Å². The highest BCUT2D eigenvalue weighted by Crippen LogP contribution is 2.46. The Morgan fingerprint density at radius 3 is 1.89 bits per heavy atom. The molecule has 0 N–H and O–H groups in total. The molecule has 0 atom stereocenters. The Balaban J connectivity index is 3.52. The SMILES string of the molecule is CCn1nnc(C(C)(C)C)c1C(F)(F)C(F)(F)F. The summed E-state index contributed by atoms with van der Waals surface area (Å²) in [6.45, 7) is 5.84. The van der Waals surface area contributed by atoms with E-state index in [9.17, 15) is 22.0 Å². The maximum Gasteiger partial charge on any atom is 0.459 e. The van der Waals surface area contributed by atoms with Crippen LogP contribution in [0, 0.1) is 0 Å². The molecule has 0 aliphatic carbocycles. The van der Waals surface area contributed by atoms with E-state index in [1.165, 1.54) is 27.7 Å². The van der Waals surface area contributed by atoms with Crippen molar-refractivity contribution in [3.63, 3.8) is 0 Å². The number of aryl methyl sites for hydroxylation is 1. The van der Waals surface area contributed by atoms with Crippen molar-refractivity contribution in [2.75, 3.05) is 0 Å². The van der Waals surface area contributed by atoms with Gasteiger partial charge in [0.05, 0.1) is 5.69 Å². The van der Waals surface area contributed by atoms with Gasteiger partial charge in [-0.25, -0.2) is 4.68 Å². The second-order valence-corrected chi connectivity index (χ2v) is 4.92. The highest BCUT2D eigenvalue weighted by atomic mass is 19.4. The molecular formula is C10H14F5N3. The summed E-state index contributed by atoms with van der Waals surface area (Å²) < 4.78 is 65.0. The van der Waals surface area contributed by atoms with E-state index in [0.717, 1.165) is 0 Å². The lowest BCUT2D eigenvalue weighted by molar-refractivity contribution is -0.292. The lowest BCUT2D eigenvalue weighted by Gasteiger charge is -2.24. The topological polar surface area (TPSA) is 30.7 Å². The van der Waals surface area contributed by atoms with Gasteiger partial charge >= 0.3 is 12.1 Å². The summed E-state index contributed by atoms with van der Waals surface area (Å²) in [6.07, 6.45) is -5.67. The second-order valence-electron chi connectivity index (χ2n) is 4.92. The third kappa shape index (κ3) is 2.32. The van der Waals surface area contributed by atoms with E-state index in [4.69, 9.17) is 0 Å². The summed E-state index contributed by atoms with van der Waals surface area (Å²) in [4.78, 5) is 0. The molecule has 0 radical (unpaired) electrons. The molecule has 8 heteroatoms. The van der Waals surface area contributed by atoms with Crippen molar-refractivity contribution in [2.24, 2.45) is 0 Å². The Kier molecular flexibility index (Phi) is 3.44. The predicted molar refractivity (Wildman–Crippen MR) is 54.3 cm³/mol. The summed E-state index contributed by atoms with van der Waals surface area (Å²) in [5.74, 6) is -4.96. The van der Waals surface area contributed by atoms with Crippen LogP contribution >= 0.6 is 0 Å². The van der Waals surface area contributed by atoms with E-state index < -0.39 is 23.2 Å². The highest BCUT2D eigenvalue weighted by Gasteiger charge is 2.62. The summed E-state index contributed by atoms with van der Waals surface area (Å²) in [5, 5.41) is 6.84. The average Bonchev–Trinajstić information content (AvgIpc) is 2.58. The molecule has 1 heterocycles. The molecule has 0 aromatic carbocycles. The second kappa shape index (κ2) is 4.17. The van der Waals surface area contributed by atoms with Crippen LogP contribution in [0.15, 0.2) is 0 Å². The standard InChI is InChI=1S/C10H14F5N3/c1-5-18-7(9(11,12)10(13,14)15)6(16-17-18)8(2,3)4/h5H2,1-4H3. The Morgan fingerprint density at radius 1 is 1.06 bits per heavy atom. The van der Waals surface area contributed by atoms with Gasteiger partial charge in [-0.05, 0) is 6.92 Å². The largest absolute Gasteiger partial charge is 0.459 e. The molecule has 1 aromatic rings. The fourth-order valence-corrected chi connectivity index (χ4v) is 1.48. The molecule has 0 unspecified atom stereocenters. The number of hydrogen-bond donors (Lipinski definition) is 0. The third-order valence-electron chi connectivity index (χ3n) is 2.40. The van der Waals surface area contributed by atoms with Crippen LogP contribution in [0.25, 0.3) is 0 Å². The predicted octanol–water partition coefficient (Wildman–Crippen LogP) is 3.25. The van der Waals surface area contributed by atoms with Crippen molar-refractivity contribution in [2.45, 2.75) is 51.8 Å². The van der Waals surface area contributed by atoms with Crippen LogP contribution in [0.2, 0.25) is 0 Å². The van der Waals surface area contributed by atoms with Gasteiger partial charge in [0.1, 0.15) is 5.69 Å². The first kappa shape index (κ1) is 14.8. The monoisotopic (exact) mass is 271 g/mol. The van der Waals surface area contributed by atoms with Gasteiger partial charge in [-0.1, -0.05) is 26.0 Å². The first-order valence-electron chi connectivity index (χ1n) is 5.32. The molecule has 0 saturated carbocycles. The minimum absolute atomic E-state index is 0.107. The number of nitrogens with zero attached hydrogens (tertiary/aromatic N) is 3. The lowest BCUT2D eigenvalue weighted by atomic mass is 9.89. The normalized spacial score (nSPS) is 14.1. The number of halogens is 5. The Labute approximate surface area is 101 Å². The zero-order chi connectivity index (χ0) is 14.4. The van der Waals surface area contributed by atoms with Gasteiger partial charge < -0.3 is 0 Å². The van der Waals surface area contributed by atoms with Crippen molar-refractivity contribution >= 4 is 0 Å². The molecule has 1 aromatic heterocycles. The van der Waals surface area contributed by atoms with Crippen molar-refractivity contribution < 1.29 is 22.0 Å². The summed E-state index contributed by atoms with van der Waals surface area (Å²) in [7, 11) is 0. The minimum Gasteiger partial charge on any atom is -0.243 e. The number of hydrogen-bond acceptors (Lipinski definition) is 2. The van der Waals surface area contributed by atoms with Crippen LogP contribution < -0.4 is 0 Å². The van der Waals surface area contributed by atoms with Gasteiger partial charge in [-0.15, -0.1) is 5.10 Å². The fourth-order valence-electron chi connectivity index (χ4n) is 1.48. The first-order chi connectivity index (χ1) is 7.93. The minimum atomic E-state index is -5.67. The molecule has 1 rings (SSSR count). The maximum absolute atomic E-state index is 13.5. The van der Waals surface area contributed by atoms with E-state index in [1.807, 2.05) is 0 Å². The Hall–Kier alpha value is -1.21. The van der Waals surface area contributed by atoms with Crippen molar-refractivity contribution in [3.05, 3.63) is 11.4 Å². The number of aromatic nitrogens is 3. The molecule has 0 aliphatic rings. The zero-order valence-corrected chi connectivity index (χ0v) is 10.4. The van der Waals surface area contributed by atoms with Crippen LogP contribution in [0.3, 0.4) is 0 Å². The quantitative estimate of drug-likeness (QED) is 0.773. The van der Waals surface area contributed by atoms with E-state index >= 15 is 0 Å². The Morgan fingerprint density at radius 2 is 1.56 bits per heavy atom. The van der Waals surface area contributed by atoms with E-state index in [1.54, 1.807) is 0 Å². The summed E-state index contributed by atoms with van der Waals surface area (Å²) in [5.41, 5.74) is -2.46. The highest BCUT2D eigenvalue weighted by molar-refractivity contribution is 5.24. The molecule has 104 valence electrons. The van der Waals surface area contributed by atoms with Crippen LogP contribution in [-0.4, -0.2) is 21.2 Å². The summed E-state index contributed by atoms with van der Waals surface area (Å²) >= 11 is 0. The fraction of sp³-hybridized carbons (Fsp3) is 0.800. The molecule has 0 amide bonds. The summed E-state index contributed by atoms with van der Waals surface area (Å²) in [6, 6.07) is 0. The maximum atomic E-state index is 13.5. The molecule has 0 spiro atoms. The zero-order valence-electron chi connectivity index (χ0n) is 10.4. The molecule has 3 nitrogen and oxygen atoms in total. The molecule has 0 aliphatic heterocycles. The van der Waals surface area contributed by atoms with Gasteiger partial charge in [0, 0.05) is 12.0 Å². The van der Waals surface area contributed by atoms with Crippen molar-refractivity contribution in [1.82, 2.24) is 15.0 Å². The van der Waals surface area contributed by atoms with E-state index in [0.29, 0.717) is 4.68 Å². The van der Waals surface area contributed by atoms with Gasteiger partial charge in [-0.3, -0.25) is 0 Å². The van der Waals surface area contributed by atoms with Crippen LogP contribution in [0.1, 0.15) is 39.1 Å². The van der Waals surface area contributed by atoms with Crippen LogP contribution in [0.5, 0.6) is 0 Å². The number of alkyl halides is 5. The van der Waals surface area contributed by atoms with Crippen molar-refractivity contribution in [1.29, 1.82) is 0 Å². The molecular weight excluding hydrogens is 257 g/mol. The van der Waals surface area contributed by atoms with Crippen molar-refractivity contribution in [3.8, 4) is 0 Å². The molecule has 0 fully saturated rings. The van der Waals surface area contributed by atoms with Gasteiger partial charge in [-0.2, -0.15) is 22.0 Å². The molecule has 18 heavy (non-hydrogen) atoms. The van der Waals surface area contributed by atoms with Gasteiger partial charge in [0.2, 0.25) is 0 Å². The van der Waals surface area contributed by atoms with E-state index in [2.05, 4.69) is 10.3 Å². The van der Waals surface area contributed by atoms with Crippen LogP contribution in [-0.2, 0) is 17.9 Å². The van der Waals surface area contributed by atoms with Gasteiger partial charge in [0.15, 0.2) is 0 Å². The van der Waals surface area contributed by atoms with Crippen LogP contribution in [0.4, 0.5) is 22.0 Å².